The molecule has 9 nitrogen and oxygen atoms in total. The first-order valence-electron chi connectivity index (χ1n) is 7.56. The molecule has 0 bridgehead atoms. The fourth-order valence-electron chi connectivity index (χ4n) is 1.99. The van der Waals surface area contributed by atoms with E-state index in [0.717, 1.165) is 24.6 Å². The second kappa shape index (κ2) is 8.38. The van der Waals surface area contributed by atoms with Crippen molar-refractivity contribution in [3.05, 3.63) is 34.5 Å². The van der Waals surface area contributed by atoms with Gasteiger partial charge in [-0.25, -0.2) is 4.98 Å². The van der Waals surface area contributed by atoms with Crippen molar-refractivity contribution in [3.8, 4) is 0 Å². The lowest BCUT2D eigenvalue weighted by molar-refractivity contribution is -0.136. The number of anilines is 2. The molecule has 10 heteroatoms. The lowest BCUT2D eigenvalue weighted by atomic mass is 10.2. The van der Waals surface area contributed by atoms with E-state index < -0.39 is 22.7 Å². The zero-order valence-electron chi connectivity index (χ0n) is 13.4. The lowest BCUT2D eigenvalue weighted by Crippen LogP contribution is -2.24. The lowest BCUT2D eigenvalue weighted by Gasteiger charge is -2.12. The molecule has 2 aromatic heterocycles. The second-order valence-corrected chi connectivity index (χ2v) is 6.34. The van der Waals surface area contributed by atoms with Crippen molar-refractivity contribution in [2.45, 2.75) is 36.6 Å². The highest BCUT2D eigenvalue weighted by Gasteiger charge is 2.21. The number of furan rings is 1. The van der Waals surface area contributed by atoms with E-state index in [-0.39, 0.29) is 22.4 Å². The summed E-state index contributed by atoms with van der Waals surface area (Å²) in [6, 6.07) is 2.96. The van der Waals surface area contributed by atoms with Gasteiger partial charge in [-0.3, -0.25) is 19.4 Å². The van der Waals surface area contributed by atoms with Gasteiger partial charge in [0.05, 0.1) is 6.26 Å². The van der Waals surface area contributed by atoms with Crippen molar-refractivity contribution < 1.29 is 19.1 Å². The first kappa shape index (κ1) is 18.6. The number of nitrogens with zero attached hydrogens (tertiary/aromatic N) is 1. The molecule has 0 aliphatic heterocycles. The van der Waals surface area contributed by atoms with Crippen LogP contribution in [0.3, 0.4) is 0 Å². The van der Waals surface area contributed by atoms with Gasteiger partial charge in [0, 0.05) is 0 Å². The Morgan fingerprint density at radius 1 is 1.52 bits per heavy atom. The summed E-state index contributed by atoms with van der Waals surface area (Å²) in [5.41, 5.74) is 4.85. The standard InChI is InChI=1S/C15H18N4O5S/c1-2-3-6-9(14(22)23)25-15-18-11(16)10(13(21)19-15)17-12(20)8-5-4-7-24-8/h4-5,7,9H,2-3,6H2,1H3,(H,17,20)(H,22,23)(H3,16,18,19,21)/t9-/m0/s1. The highest BCUT2D eigenvalue weighted by molar-refractivity contribution is 8.00. The SMILES string of the molecule is CCCC[C@H](Sc1nc(N)c(NC(=O)c2ccco2)c(=O)[nH]1)C(=O)O. The summed E-state index contributed by atoms with van der Waals surface area (Å²) >= 11 is 0.913. The van der Waals surface area contributed by atoms with E-state index in [2.05, 4.69) is 15.3 Å². The van der Waals surface area contributed by atoms with Crippen molar-refractivity contribution in [2.75, 3.05) is 11.1 Å². The van der Waals surface area contributed by atoms with E-state index in [9.17, 15) is 19.5 Å². The number of thioether (sulfide) groups is 1. The number of nitrogens with one attached hydrogen (secondary N) is 2. The number of H-pyrrole nitrogens is 1. The van der Waals surface area contributed by atoms with E-state index >= 15 is 0 Å². The summed E-state index contributed by atoms with van der Waals surface area (Å²) in [6.07, 6.45) is 3.36. The molecule has 0 aliphatic rings. The number of carbonyl (C=O) groups excluding carboxylic acids is 1. The highest BCUT2D eigenvalue weighted by atomic mass is 32.2. The molecular formula is C15H18N4O5S. The van der Waals surface area contributed by atoms with Gasteiger partial charge in [-0.15, -0.1) is 0 Å². The molecule has 134 valence electrons. The Bertz CT molecular complexity index is 803. The molecule has 1 amide bonds. The largest absolute Gasteiger partial charge is 0.480 e. The first-order chi connectivity index (χ1) is 11.9. The van der Waals surface area contributed by atoms with Crippen molar-refractivity contribution >= 4 is 35.1 Å². The van der Waals surface area contributed by atoms with Crippen LogP contribution in [0.1, 0.15) is 36.7 Å². The zero-order valence-corrected chi connectivity index (χ0v) is 14.3. The van der Waals surface area contributed by atoms with E-state index in [1.54, 1.807) is 0 Å². The molecule has 5 N–H and O–H groups in total. The number of nitrogens with two attached hydrogens (primary N) is 1. The Morgan fingerprint density at radius 2 is 2.28 bits per heavy atom. The second-order valence-electron chi connectivity index (χ2n) is 5.15. The van der Waals surface area contributed by atoms with E-state index in [0.29, 0.717) is 6.42 Å². The minimum atomic E-state index is -0.991. The molecule has 0 saturated carbocycles. The number of carboxylic acids is 1. The fourth-order valence-corrected chi connectivity index (χ4v) is 2.94. The number of carbonyl (C=O) groups is 2. The Morgan fingerprint density at radius 3 is 2.84 bits per heavy atom. The minimum absolute atomic E-state index is 0.0164. The summed E-state index contributed by atoms with van der Waals surface area (Å²) < 4.78 is 4.93. The van der Waals surface area contributed by atoms with Crippen molar-refractivity contribution in [1.82, 2.24) is 9.97 Å². The third-order valence-corrected chi connectivity index (χ3v) is 4.40. The van der Waals surface area contributed by atoms with Crippen LogP contribution in [-0.4, -0.2) is 32.2 Å². The molecule has 2 aromatic rings. The van der Waals surface area contributed by atoms with Gasteiger partial charge in [-0.1, -0.05) is 31.5 Å². The number of hydrogen-bond acceptors (Lipinski definition) is 7. The summed E-state index contributed by atoms with van der Waals surface area (Å²) in [5, 5.41) is 10.9. The molecule has 1 atom stereocenters. The highest BCUT2D eigenvalue weighted by Crippen LogP contribution is 2.25. The summed E-state index contributed by atoms with van der Waals surface area (Å²) in [5.74, 6) is -1.82. The molecule has 0 aliphatic carbocycles. The Kier molecular flexibility index (Phi) is 6.23. The third kappa shape index (κ3) is 4.86. The van der Waals surface area contributed by atoms with Crippen LogP contribution in [0, 0.1) is 0 Å². The Balaban J connectivity index is 2.17. The molecular weight excluding hydrogens is 348 g/mol. The van der Waals surface area contributed by atoms with Gasteiger partial charge >= 0.3 is 5.97 Å². The molecule has 0 radical (unpaired) electrons. The van der Waals surface area contributed by atoms with Crippen LogP contribution in [-0.2, 0) is 4.79 Å². The maximum Gasteiger partial charge on any atom is 0.317 e. The molecule has 0 saturated heterocycles. The number of hydrogen-bond donors (Lipinski definition) is 4. The van der Waals surface area contributed by atoms with Crippen LogP contribution in [0.2, 0.25) is 0 Å². The molecule has 0 unspecified atom stereocenters. The van der Waals surface area contributed by atoms with Crippen molar-refractivity contribution in [3.63, 3.8) is 0 Å². The van der Waals surface area contributed by atoms with Crippen LogP contribution in [0.25, 0.3) is 0 Å². The van der Waals surface area contributed by atoms with Crippen LogP contribution in [0.5, 0.6) is 0 Å². The smallest absolute Gasteiger partial charge is 0.317 e. The number of aliphatic carboxylic acids is 1. The van der Waals surface area contributed by atoms with Gasteiger partial charge in [-0.2, -0.15) is 0 Å². The average molecular weight is 366 g/mol. The van der Waals surface area contributed by atoms with E-state index in [4.69, 9.17) is 10.2 Å². The maximum absolute atomic E-state index is 12.1. The maximum atomic E-state index is 12.1. The molecule has 2 heterocycles. The van der Waals surface area contributed by atoms with Gasteiger partial charge in [0.2, 0.25) is 0 Å². The third-order valence-electron chi connectivity index (χ3n) is 3.26. The van der Waals surface area contributed by atoms with Crippen molar-refractivity contribution in [1.29, 1.82) is 0 Å². The van der Waals surface area contributed by atoms with Gasteiger partial charge in [0.25, 0.3) is 11.5 Å². The number of unbranched alkanes of at least 4 members (excludes halogenated alkanes) is 1. The van der Waals surface area contributed by atoms with E-state index in [1.807, 2.05) is 6.92 Å². The first-order valence-corrected chi connectivity index (χ1v) is 8.44. The minimum Gasteiger partial charge on any atom is -0.480 e. The normalized spacial score (nSPS) is 11.9. The monoisotopic (exact) mass is 366 g/mol. The van der Waals surface area contributed by atoms with Crippen LogP contribution in [0.15, 0.2) is 32.8 Å². The van der Waals surface area contributed by atoms with Gasteiger partial charge in [-0.05, 0) is 18.6 Å². The predicted molar refractivity (Wildman–Crippen MR) is 92.7 cm³/mol. The van der Waals surface area contributed by atoms with Gasteiger partial charge in [0.15, 0.2) is 22.4 Å². The number of aromatic nitrogens is 2. The van der Waals surface area contributed by atoms with Gasteiger partial charge < -0.3 is 20.6 Å². The molecule has 25 heavy (non-hydrogen) atoms. The number of aromatic amines is 1. The molecule has 2 rings (SSSR count). The van der Waals surface area contributed by atoms with E-state index in [1.165, 1.54) is 18.4 Å². The van der Waals surface area contributed by atoms with Crippen molar-refractivity contribution in [2.24, 2.45) is 0 Å². The quantitative estimate of drug-likeness (QED) is 0.408. The Hall–Kier alpha value is -2.75. The van der Waals surface area contributed by atoms with Crippen LogP contribution in [0.4, 0.5) is 11.5 Å². The Labute approximate surface area is 147 Å². The van der Waals surface area contributed by atoms with Crippen LogP contribution < -0.4 is 16.6 Å². The summed E-state index contributed by atoms with van der Waals surface area (Å²) in [7, 11) is 0. The summed E-state index contributed by atoms with van der Waals surface area (Å²) in [4.78, 5) is 41.8. The average Bonchev–Trinajstić information content (AvgIpc) is 3.09. The summed E-state index contributed by atoms with van der Waals surface area (Å²) in [6.45, 7) is 1.96. The zero-order chi connectivity index (χ0) is 18.4. The molecule has 0 spiro atoms. The number of amides is 1. The number of carboxylic acid groups (broad SMARTS) is 1. The predicted octanol–water partition coefficient (Wildman–Crippen LogP) is 1.93. The fraction of sp³-hybridized carbons (Fsp3) is 0.333. The van der Waals surface area contributed by atoms with Gasteiger partial charge in [0.1, 0.15) is 5.25 Å². The molecule has 0 fully saturated rings. The number of nitrogen functional groups attached to an aromatic ring is 1. The number of rotatable bonds is 8. The topological polar surface area (TPSA) is 151 Å². The molecule has 0 aromatic carbocycles. The van der Waals surface area contributed by atoms with Crippen LogP contribution >= 0.6 is 11.8 Å².